The van der Waals surface area contributed by atoms with Crippen LogP contribution in [0.5, 0.6) is 0 Å². The highest BCUT2D eigenvalue weighted by Gasteiger charge is 2.24. The van der Waals surface area contributed by atoms with Gasteiger partial charge in [0, 0.05) is 5.56 Å². The van der Waals surface area contributed by atoms with Crippen molar-refractivity contribution in [3.8, 4) is 0 Å². The number of benzene rings is 1. The summed E-state index contributed by atoms with van der Waals surface area (Å²) in [5.74, 6) is 1.46. The second kappa shape index (κ2) is 3.95. The van der Waals surface area contributed by atoms with E-state index in [1.165, 1.54) is 24.8 Å². The number of hydrogen-bond acceptors (Lipinski definition) is 1. The van der Waals surface area contributed by atoms with E-state index in [-0.39, 0.29) is 0 Å². The fraction of sp³-hybridized carbons (Fsp3) is 0.462. The lowest BCUT2D eigenvalue weighted by Crippen LogP contribution is -2.18. The fourth-order valence-corrected chi connectivity index (χ4v) is 2.13. The Labute approximate surface area is 85.1 Å². The van der Waals surface area contributed by atoms with Crippen molar-refractivity contribution < 1.29 is 4.79 Å². The number of carbonyl (C=O) groups is 1. The normalized spacial score (nSPS) is 18.6. The number of carbonyl (C=O) groups excluding carboxylic acids is 1. The van der Waals surface area contributed by atoms with E-state index in [0.29, 0.717) is 5.92 Å². The Morgan fingerprint density at radius 1 is 1.43 bits per heavy atom. The molecule has 2 rings (SSSR count). The van der Waals surface area contributed by atoms with Crippen molar-refractivity contribution in [2.24, 2.45) is 5.92 Å². The molecule has 1 fully saturated rings. The van der Waals surface area contributed by atoms with Crippen LogP contribution in [0.2, 0.25) is 0 Å². The zero-order chi connectivity index (χ0) is 9.97. The molecule has 0 aromatic heterocycles. The second-order valence-corrected chi connectivity index (χ2v) is 4.27. The smallest absolute Gasteiger partial charge is 0.150 e. The molecular formula is C13H16O. The van der Waals surface area contributed by atoms with Gasteiger partial charge in [-0.05, 0) is 36.3 Å². The van der Waals surface area contributed by atoms with E-state index >= 15 is 0 Å². The lowest BCUT2D eigenvalue weighted by Gasteiger charge is -2.31. The molecule has 1 unspecified atom stereocenters. The maximum Gasteiger partial charge on any atom is 0.150 e. The molecular weight excluding hydrogens is 172 g/mol. The largest absolute Gasteiger partial charge is 0.298 e. The summed E-state index contributed by atoms with van der Waals surface area (Å²) in [6.45, 7) is 2.27. The maximum atomic E-state index is 10.6. The zero-order valence-electron chi connectivity index (χ0n) is 8.57. The first-order valence-corrected chi connectivity index (χ1v) is 5.36. The molecule has 0 aliphatic heterocycles. The number of hydrogen-bond donors (Lipinski definition) is 0. The van der Waals surface area contributed by atoms with Gasteiger partial charge in [0.1, 0.15) is 6.29 Å². The third kappa shape index (κ3) is 1.72. The van der Waals surface area contributed by atoms with E-state index in [1.54, 1.807) is 0 Å². The van der Waals surface area contributed by atoms with Crippen molar-refractivity contribution >= 4 is 6.29 Å². The van der Waals surface area contributed by atoms with Crippen LogP contribution in [0, 0.1) is 5.92 Å². The Morgan fingerprint density at radius 2 is 2.21 bits per heavy atom. The highest BCUT2D eigenvalue weighted by molar-refractivity contribution is 5.75. The summed E-state index contributed by atoms with van der Waals surface area (Å²) >= 11 is 0. The second-order valence-electron chi connectivity index (χ2n) is 4.27. The first-order chi connectivity index (χ1) is 6.81. The van der Waals surface area contributed by atoms with Gasteiger partial charge in [-0.25, -0.2) is 0 Å². The molecule has 0 radical (unpaired) electrons. The van der Waals surface area contributed by atoms with Crippen LogP contribution < -0.4 is 0 Å². The molecule has 14 heavy (non-hydrogen) atoms. The first kappa shape index (κ1) is 9.45. The molecule has 1 aliphatic carbocycles. The summed E-state index contributed by atoms with van der Waals surface area (Å²) in [4.78, 5) is 10.6. The average molecular weight is 188 g/mol. The molecule has 0 spiro atoms. The molecule has 1 aromatic rings. The van der Waals surface area contributed by atoms with Crippen LogP contribution in [0.3, 0.4) is 0 Å². The monoisotopic (exact) mass is 188 g/mol. The van der Waals surface area contributed by atoms with Crippen molar-refractivity contribution in [2.45, 2.75) is 32.1 Å². The third-order valence-electron chi connectivity index (χ3n) is 3.43. The van der Waals surface area contributed by atoms with Crippen molar-refractivity contribution in [1.29, 1.82) is 0 Å². The molecule has 1 nitrogen and oxygen atoms in total. The summed E-state index contributed by atoms with van der Waals surface area (Å²) in [7, 11) is 0. The summed E-state index contributed by atoms with van der Waals surface area (Å²) in [6.07, 6.45) is 5.01. The quantitative estimate of drug-likeness (QED) is 0.664. The standard InChI is InChI=1S/C13H16O/c1-10(12-5-3-6-12)13-7-2-4-11(8-13)9-14/h2,4,7-10,12H,3,5-6H2,1H3. The van der Waals surface area contributed by atoms with Crippen molar-refractivity contribution in [2.75, 3.05) is 0 Å². The fourth-order valence-electron chi connectivity index (χ4n) is 2.13. The van der Waals surface area contributed by atoms with E-state index in [1.807, 2.05) is 18.2 Å². The Morgan fingerprint density at radius 3 is 2.79 bits per heavy atom. The highest BCUT2D eigenvalue weighted by Crippen LogP contribution is 2.38. The molecule has 74 valence electrons. The predicted octanol–water partition coefficient (Wildman–Crippen LogP) is 3.40. The van der Waals surface area contributed by atoms with Crippen LogP contribution in [-0.2, 0) is 0 Å². The van der Waals surface area contributed by atoms with E-state index in [2.05, 4.69) is 13.0 Å². The molecule has 0 bridgehead atoms. The minimum Gasteiger partial charge on any atom is -0.298 e. The van der Waals surface area contributed by atoms with Crippen molar-refractivity contribution in [3.63, 3.8) is 0 Å². The zero-order valence-corrected chi connectivity index (χ0v) is 8.57. The van der Waals surface area contributed by atoms with Crippen molar-refractivity contribution in [1.82, 2.24) is 0 Å². The van der Waals surface area contributed by atoms with Crippen LogP contribution >= 0.6 is 0 Å². The van der Waals surface area contributed by atoms with Gasteiger partial charge in [-0.15, -0.1) is 0 Å². The van der Waals surface area contributed by atoms with Crippen LogP contribution in [0.4, 0.5) is 0 Å². The van der Waals surface area contributed by atoms with Gasteiger partial charge < -0.3 is 0 Å². The molecule has 0 heterocycles. The minimum absolute atomic E-state index is 0.614. The Bertz CT molecular complexity index is 326. The van der Waals surface area contributed by atoms with Gasteiger partial charge in [0.2, 0.25) is 0 Å². The van der Waals surface area contributed by atoms with Crippen LogP contribution in [0.1, 0.15) is 48.0 Å². The van der Waals surface area contributed by atoms with E-state index in [9.17, 15) is 4.79 Å². The van der Waals surface area contributed by atoms with Gasteiger partial charge in [0.25, 0.3) is 0 Å². The SMILES string of the molecule is CC(c1cccc(C=O)c1)C1CCC1. The lowest BCUT2D eigenvalue weighted by atomic mass is 9.74. The van der Waals surface area contributed by atoms with Crippen LogP contribution in [-0.4, -0.2) is 6.29 Å². The summed E-state index contributed by atoms with van der Waals surface area (Å²) < 4.78 is 0. The molecule has 1 aliphatic rings. The maximum absolute atomic E-state index is 10.6. The topological polar surface area (TPSA) is 17.1 Å². The number of aldehydes is 1. The van der Waals surface area contributed by atoms with Crippen molar-refractivity contribution in [3.05, 3.63) is 35.4 Å². The summed E-state index contributed by atoms with van der Waals surface area (Å²) in [5.41, 5.74) is 2.12. The Balaban J connectivity index is 2.17. The molecule has 1 heteroatoms. The number of rotatable bonds is 3. The van der Waals surface area contributed by atoms with E-state index < -0.39 is 0 Å². The molecule has 1 aromatic carbocycles. The van der Waals surface area contributed by atoms with Gasteiger partial charge in [-0.3, -0.25) is 4.79 Å². The van der Waals surface area contributed by atoms with Crippen LogP contribution in [0.25, 0.3) is 0 Å². The molecule has 0 amide bonds. The van der Waals surface area contributed by atoms with Crippen LogP contribution in [0.15, 0.2) is 24.3 Å². The van der Waals surface area contributed by atoms with Gasteiger partial charge >= 0.3 is 0 Å². The molecule has 1 atom stereocenters. The van der Waals surface area contributed by atoms with Gasteiger partial charge in [-0.1, -0.05) is 31.5 Å². The van der Waals surface area contributed by atoms with Gasteiger partial charge in [-0.2, -0.15) is 0 Å². The highest BCUT2D eigenvalue weighted by atomic mass is 16.1. The minimum atomic E-state index is 0.614. The molecule has 1 saturated carbocycles. The predicted molar refractivity (Wildman–Crippen MR) is 57.6 cm³/mol. The van der Waals surface area contributed by atoms with E-state index in [0.717, 1.165) is 17.8 Å². The lowest BCUT2D eigenvalue weighted by molar-refractivity contribution is 0.112. The summed E-state index contributed by atoms with van der Waals surface area (Å²) in [6, 6.07) is 8.00. The third-order valence-corrected chi connectivity index (χ3v) is 3.43. The first-order valence-electron chi connectivity index (χ1n) is 5.36. The Kier molecular flexibility index (Phi) is 2.67. The van der Waals surface area contributed by atoms with Gasteiger partial charge in [0.05, 0.1) is 0 Å². The van der Waals surface area contributed by atoms with E-state index in [4.69, 9.17) is 0 Å². The molecule has 0 saturated heterocycles. The Hall–Kier alpha value is -1.11. The van der Waals surface area contributed by atoms with Gasteiger partial charge in [0.15, 0.2) is 0 Å². The average Bonchev–Trinajstić information content (AvgIpc) is 2.15. The summed E-state index contributed by atoms with van der Waals surface area (Å²) in [5, 5.41) is 0. The molecule has 0 N–H and O–H groups in total.